The fourth-order valence-electron chi connectivity index (χ4n) is 0.991. The molecule has 0 saturated heterocycles. The topological polar surface area (TPSA) is 39.2 Å². The van der Waals surface area contributed by atoms with Gasteiger partial charge in [-0.15, -0.1) is 0 Å². The van der Waals surface area contributed by atoms with Crippen LogP contribution in [0, 0.1) is 3.70 Å². The van der Waals surface area contributed by atoms with Gasteiger partial charge >= 0.3 is 0 Å². The van der Waals surface area contributed by atoms with E-state index in [2.05, 4.69) is 9.72 Å². The molecule has 6 heteroatoms. The Morgan fingerprint density at radius 1 is 1.64 bits per heavy atom. The number of hydrogen-bond donors (Lipinski definition) is 0. The van der Waals surface area contributed by atoms with Crippen molar-refractivity contribution >= 4 is 28.9 Å². The third kappa shape index (κ3) is 2.17. The minimum absolute atomic E-state index is 0.0868. The van der Waals surface area contributed by atoms with E-state index in [0.717, 1.165) is 0 Å². The Bertz CT molecular complexity index is 357. The number of halogens is 3. The van der Waals surface area contributed by atoms with Gasteiger partial charge in [0.25, 0.3) is 6.43 Å². The van der Waals surface area contributed by atoms with Crippen LogP contribution in [0.1, 0.15) is 22.3 Å². The number of pyridine rings is 1. The second-order valence-electron chi connectivity index (χ2n) is 2.38. The molecule has 0 aliphatic rings. The number of methoxy groups -OCH3 is 1. The number of alkyl halides is 2. The average molecular weight is 313 g/mol. The van der Waals surface area contributed by atoms with E-state index >= 15 is 0 Å². The molecule has 0 fully saturated rings. The van der Waals surface area contributed by atoms with Gasteiger partial charge in [0, 0.05) is 5.56 Å². The van der Waals surface area contributed by atoms with Gasteiger partial charge in [0.1, 0.15) is 3.70 Å². The molecule has 0 unspecified atom stereocenters. The number of carbonyl (C=O) groups is 1. The van der Waals surface area contributed by atoms with Crippen LogP contribution in [0.5, 0.6) is 5.88 Å². The van der Waals surface area contributed by atoms with Crippen molar-refractivity contribution in [2.75, 3.05) is 7.11 Å². The van der Waals surface area contributed by atoms with Gasteiger partial charge in [0.15, 0.2) is 6.29 Å². The molecular formula is C8H6F2INO2. The molecule has 1 heterocycles. The predicted octanol–water partition coefficient (Wildman–Crippen LogP) is 2.44. The summed E-state index contributed by atoms with van der Waals surface area (Å²) in [7, 11) is 1.23. The summed E-state index contributed by atoms with van der Waals surface area (Å²) in [5.74, 6) is -0.200. The molecule has 1 rings (SSSR count). The molecule has 1 aromatic heterocycles. The maximum atomic E-state index is 12.5. The summed E-state index contributed by atoms with van der Waals surface area (Å²) in [5, 5.41) is 0. The Hall–Kier alpha value is -0.790. The molecule has 0 saturated carbocycles. The van der Waals surface area contributed by atoms with Crippen LogP contribution in [0.3, 0.4) is 0 Å². The summed E-state index contributed by atoms with van der Waals surface area (Å²) in [6.45, 7) is 0. The standard InChI is InChI=1S/C8H6F2INO2/c1-14-8-6(7(9)10)4(3-13)2-5(11)12-8/h2-3,7H,1H3. The summed E-state index contributed by atoms with van der Waals surface area (Å²) in [6, 6.07) is 1.29. The Kier molecular flexibility index (Phi) is 3.73. The van der Waals surface area contributed by atoms with Crippen molar-refractivity contribution < 1.29 is 18.3 Å². The van der Waals surface area contributed by atoms with Gasteiger partial charge in [-0.1, -0.05) is 0 Å². The Morgan fingerprint density at radius 2 is 2.29 bits per heavy atom. The van der Waals surface area contributed by atoms with Gasteiger partial charge in [0.2, 0.25) is 5.88 Å². The zero-order valence-electron chi connectivity index (χ0n) is 7.13. The van der Waals surface area contributed by atoms with Crippen LogP contribution in [0.15, 0.2) is 6.07 Å². The summed E-state index contributed by atoms with van der Waals surface area (Å²) in [5.41, 5.74) is -0.542. The molecule has 0 aromatic carbocycles. The number of aldehydes is 1. The zero-order valence-corrected chi connectivity index (χ0v) is 9.29. The highest BCUT2D eigenvalue weighted by atomic mass is 127. The van der Waals surface area contributed by atoms with E-state index in [4.69, 9.17) is 0 Å². The molecule has 14 heavy (non-hydrogen) atoms. The molecule has 0 radical (unpaired) electrons. The maximum absolute atomic E-state index is 12.5. The molecule has 0 aliphatic carbocycles. The van der Waals surface area contributed by atoms with Crippen LogP contribution in [0.2, 0.25) is 0 Å². The minimum Gasteiger partial charge on any atom is -0.481 e. The van der Waals surface area contributed by atoms with Crippen LogP contribution in [-0.2, 0) is 0 Å². The van der Waals surface area contributed by atoms with E-state index in [1.165, 1.54) is 13.2 Å². The molecule has 0 N–H and O–H groups in total. The molecule has 3 nitrogen and oxygen atoms in total. The first kappa shape index (κ1) is 11.3. The van der Waals surface area contributed by atoms with E-state index in [9.17, 15) is 13.6 Å². The predicted molar refractivity (Wildman–Crippen MR) is 53.9 cm³/mol. The molecule has 0 spiro atoms. The number of aromatic nitrogens is 1. The molecule has 0 aliphatic heterocycles. The largest absolute Gasteiger partial charge is 0.481 e. The monoisotopic (exact) mass is 313 g/mol. The summed E-state index contributed by atoms with van der Waals surface area (Å²) in [6.07, 6.45) is -2.40. The normalized spacial score (nSPS) is 10.4. The lowest BCUT2D eigenvalue weighted by Gasteiger charge is -2.09. The van der Waals surface area contributed by atoms with Crippen LogP contribution in [0.4, 0.5) is 8.78 Å². The van der Waals surface area contributed by atoms with E-state index in [-0.39, 0.29) is 11.4 Å². The molecule has 0 atom stereocenters. The van der Waals surface area contributed by atoms with Crippen molar-refractivity contribution in [1.82, 2.24) is 4.98 Å². The molecule has 1 aromatic rings. The fraction of sp³-hybridized carbons (Fsp3) is 0.250. The Labute approximate surface area is 92.6 Å². The van der Waals surface area contributed by atoms with Gasteiger partial charge in [-0.3, -0.25) is 4.79 Å². The highest BCUT2D eigenvalue weighted by Gasteiger charge is 2.20. The second kappa shape index (κ2) is 4.63. The summed E-state index contributed by atoms with van der Waals surface area (Å²) < 4.78 is 30.1. The quantitative estimate of drug-likeness (QED) is 0.489. The van der Waals surface area contributed by atoms with Crippen LogP contribution < -0.4 is 4.74 Å². The van der Waals surface area contributed by atoms with E-state index < -0.39 is 12.0 Å². The summed E-state index contributed by atoms with van der Waals surface area (Å²) >= 11 is 1.82. The summed E-state index contributed by atoms with van der Waals surface area (Å²) in [4.78, 5) is 14.3. The first-order chi connectivity index (χ1) is 6.60. The molecule has 0 bridgehead atoms. The third-order valence-corrected chi connectivity index (χ3v) is 2.12. The van der Waals surface area contributed by atoms with Crippen molar-refractivity contribution in [3.05, 3.63) is 20.9 Å². The van der Waals surface area contributed by atoms with Gasteiger partial charge in [-0.2, -0.15) is 0 Å². The Morgan fingerprint density at radius 3 is 2.71 bits per heavy atom. The van der Waals surface area contributed by atoms with Crippen molar-refractivity contribution in [3.63, 3.8) is 0 Å². The Balaban J connectivity index is 3.40. The number of carbonyl (C=O) groups excluding carboxylic acids is 1. The van der Waals surface area contributed by atoms with Crippen molar-refractivity contribution in [3.8, 4) is 5.88 Å². The van der Waals surface area contributed by atoms with Gasteiger partial charge < -0.3 is 4.74 Å². The number of rotatable bonds is 3. The smallest absolute Gasteiger partial charge is 0.269 e. The average Bonchev–Trinajstić information content (AvgIpc) is 2.15. The zero-order chi connectivity index (χ0) is 10.7. The van der Waals surface area contributed by atoms with Gasteiger partial charge in [-0.05, 0) is 28.7 Å². The second-order valence-corrected chi connectivity index (χ2v) is 3.48. The van der Waals surface area contributed by atoms with E-state index in [1.54, 1.807) is 0 Å². The number of nitrogens with zero attached hydrogens (tertiary/aromatic N) is 1. The van der Waals surface area contributed by atoms with Crippen LogP contribution >= 0.6 is 22.6 Å². The molecule has 76 valence electrons. The highest BCUT2D eigenvalue weighted by Crippen LogP contribution is 2.30. The van der Waals surface area contributed by atoms with Crippen LogP contribution in [0.25, 0.3) is 0 Å². The lowest BCUT2D eigenvalue weighted by molar-refractivity contribution is 0.110. The highest BCUT2D eigenvalue weighted by molar-refractivity contribution is 14.1. The lowest BCUT2D eigenvalue weighted by Crippen LogP contribution is -2.02. The van der Waals surface area contributed by atoms with Crippen molar-refractivity contribution in [2.45, 2.75) is 6.43 Å². The van der Waals surface area contributed by atoms with E-state index in [0.29, 0.717) is 9.99 Å². The minimum atomic E-state index is -2.77. The number of ether oxygens (including phenoxy) is 1. The van der Waals surface area contributed by atoms with Crippen LogP contribution in [-0.4, -0.2) is 18.4 Å². The molecular weight excluding hydrogens is 307 g/mol. The van der Waals surface area contributed by atoms with Gasteiger partial charge in [0.05, 0.1) is 12.7 Å². The first-order valence-corrected chi connectivity index (χ1v) is 4.65. The SMILES string of the molecule is COc1nc(I)cc(C=O)c1C(F)F. The first-order valence-electron chi connectivity index (χ1n) is 3.58. The lowest BCUT2D eigenvalue weighted by atomic mass is 10.1. The van der Waals surface area contributed by atoms with Crippen molar-refractivity contribution in [1.29, 1.82) is 0 Å². The molecule has 0 amide bonds. The van der Waals surface area contributed by atoms with Crippen molar-refractivity contribution in [2.24, 2.45) is 0 Å². The maximum Gasteiger partial charge on any atom is 0.269 e. The van der Waals surface area contributed by atoms with Gasteiger partial charge in [-0.25, -0.2) is 13.8 Å². The number of hydrogen-bond acceptors (Lipinski definition) is 3. The third-order valence-electron chi connectivity index (χ3n) is 1.56. The van der Waals surface area contributed by atoms with E-state index in [1.807, 2.05) is 22.6 Å². The fourth-order valence-corrected chi connectivity index (χ4v) is 1.55.